The van der Waals surface area contributed by atoms with Gasteiger partial charge in [0, 0.05) is 24.3 Å². The van der Waals surface area contributed by atoms with Crippen molar-refractivity contribution in [3.05, 3.63) is 48.0 Å². The SMILES string of the molecule is O=C(O)c1cc(NC(=O)C(CS)Cc2cccnc2)c[nH]1. The molecule has 6 nitrogen and oxygen atoms in total. The number of rotatable bonds is 6. The number of anilines is 1. The molecule has 1 amide bonds. The first kappa shape index (κ1) is 15.1. The van der Waals surface area contributed by atoms with Crippen molar-refractivity contribution < 1.29 is 14.7 Å². The predicted octanol–water partition coefficient (Wildman–Crippen LogP) is 1.84. The second-order valence-corrected chi connectivity index (χ2v) is 4.91. The van der Waals surface area contributed by atoms with Crippen molar-refractivity contribution in [3.8, 4) is 0 Å². The fraction of sp³-hybridized carbons (Fsp3) is 0.214. The van der Waals surface area contributed by atoms with E-state index in [-0.39, 0.29) is 17.5 Å². The number of amides is 1. The van der Waals surface area contributed by atoms with Gasteiger partial charge in [-0.25, -0.2) is 4.79 Å². The minimum absolute atomic E-state index is 0.0278. The van der Waals surface area contributed by atoms with Gasteiger partial charge >= 0.3 is 5.97 Å². The molecule has 110 valence electrons. The Bertz CT molecular complexity index is 627. The van der Waals surface area contributed by atoms with Crippen molar-refractivity contribution in [2.45, 2.75) is 6.42 Å². The van der Waals surface area contributed by atoms with Gasteiger partial charge in [-0.3, -0.25) is 9.78 Å². The summed E-state index contributed by atoms with van der Waals surface area (Å²) in [5, 5.41) is 11.5. The molecule has 0 fully saturated rings. The molecule has 0 aromatic carbocycles. The van der Waals surface area contributed by atoms with Crippen LogP contribution in [0.3, 0.4) is 0 Å². The van der Waals surface area contributed by atoms with Crippen molar-refractivity contribution in [1.82, 2.24) is 9.97 Å². The molecular weight excluding hydrogens is 290 g/mol. The maximum absolute atomic E-state index is 12.2. The van der Waals surface area contributed by atoms with Crippen LogP contribution in [0.2, 0.25) is 0 Å². The lowest BCUT2D eigenvalue weighted by atomic mass is 10.0. The summed E-state index contributed by atoms with van der Waals surface area (Å²) < 4.78 is 0. The summed E-state index contributed by atoms with van der Waals surface area (Å²) in [4.78, 5) is 29.5. The van der Waals surface area contributed by atoms with Gasteiger partial charge in [-0.2, -0.15) is 12.6 Å². The Morgan fingerprint density at radius 3 is 2.86 bits per heavy atom. The van der Waals surface area contributed by atoms with E-state index in [1.54, 1.807) is 12.4 Å². The topological polar surface area (TPSA) is 95.1 Å². The lowest BCUT2D eigenvalue weighted by Gasteiger charge is -2.13. The van der Waals surface area contributed by atoms with E-state index in [0.29, 0.717) is 17.9 Å². The number of H-pyrrole nitrogens is 1. The number of carbonyl (C=O) groups excluding carboxylic acids is 1. The van der Waals surface area contributed by atoms with Crippen LogP contribution in [0.5, 0.6) is 0 Å². The average Bonchev–Trinajstić information content (AvgIpc) is 2.94. The molecule has 3 N–H and O–H groups in total. The first-order valence-electron chi connectivity index (χ1n) is 6.32. The molecule has 0 spiro atoms. The average molecular weight is 305 g/mol. The number of aromatic amines is 1. The van der Waals surface area contributed by atoms with E-state index < -0.39 is 5.97 Å². The van der Waals surface area contributed by atoms with Crippen molar-refractivity contribution in [2.24, 2.45) is 5.92 Å². The summed E-state index contributed by atoms with van der Waals surface area (Å²) in [6.07, 6.45) is 5.36. The largest absolute Gasteiger partial charge is 0.477 e. The summed E-state index contributed by atoms with van der Waals surface area (Å²) in [7, 11) is 0. The fourth-order valence-electron chi connectivity index (χ4n) is 1.88. The monoisotopic (exact) mass is 305 g/mol. The van der Waals surface area contributed by atoms with Crippen LogP contribution in [-0.4, -0.2) is 32.7 Å². The van der Waals surface area contributed by atoms with Crippen molar-refractivity contribution in [1.29, 1.82) is 0 Å². The molecule has 0 saturated heterocycles. The molecule has 7 heteroatoms. The van der Waals surface area contributed by atoms with Crippen molar-refractivity contribution in [2.75, 3.05) is 11.1 Å². The van der Waals surface area contributed by atoms with Crippen molar-refractivity contribution in [3.63, 3.8) is 0 Å². The van der Waals surface area contributed by atoms with Gasteiger partial charge in [0.25, 0.3) is 0 Å². The minimum atomic E-state index is -1.07. The summed E-state index contributed by atoms with van der Waals surface area (Å²) in [5.74, 6) is -1.21. The maximum Gasteiger partial charge on any atom is 0.352 e. The Morgan fingerprint density at radius 1 is 1.48 bits per heavy atom. The number of aromatic carboxylic acids is 1. The highest BCUT2D eigenvalue weighted by atomic mass is 32.1. The van der Waals surface area contributed by atoms with Crippen LogP contribution >= 0.6 is 12.6 Å². The van der Waals surface area contributed by atoms with Crippen LogP contribution in [0.4, 0.5) is 5.69 Å². The molecule has 0 radical (unpaired) electrons. The van der Waals surface area contributed by atoms with Crippen LogP contribution < -0.4 is 5.32 Å². The van der Waals surface area contributed by atoms with Crippen LogP contribution in [-0.2, 0) is 11.2 Å². The van der Waals surface area contributed by atoms with Gasteiger partial charge in [-0.15, -0.1) is 0 Å². The number of carboxylic acid groups (broad SMARTS) is 1. The van der Waals surface area contributed by atoms with Crippen molar-refractivity contribution >= 4 is 30.2 Å². The molecular formula is C14H15N3O3S. The Labute approximate surface area is 127 Å². The van der Waals surface area contributed by atoms with Gasteiger partial charge < -0.3 is 15.4 Å². The molecule has 0 aliphatic carbocycles. The van der Waals surface area contributed by atoms with Crippen LogP contribution in [0.15, 0.2) is 36.8 Å². The Morgan fingerprint density at radius 2 is 2.29 bits per heavy atom. The summed E-state index contributed by atoms with van der Waals surface area (Å²) in [6, 6.07) is 5.09. The normalized spacial score (nSPS) is 11.9. The highest BCUT2D eigenvalue weighted by Gasteiger charge is 2.18. The summed E-state index contributed by atoms with van der Waals surface area (Å²) >= 11 is 4.21. The Balaban J connectivity index is 2.01. The number of nitrogens with one attached hydrogen (secondary N) is 2. The van der Waals surface area contributed by atoms with E-state index in [1.165, 1.54) is 12.3 Å². The van der Waals surface area contributed by atoms with E-state index in [0.717, 1.165) is 5.56 Å². The number of aromatic nitrogens is 2. The van der Waals surface area contributed by atoms with Crippen LogP contribution in [0.1, 0.15) is 16.1 Å². The van der Waals surface area contributed by atoms with Gasteiger partial charge in [0.15, 0.2) is 0 Å². The Hall–Kier alpha value is -2.28. The highest BCUT2D eigenvalue weighted by molar-refractivity contribution is 7.80. The quantitative estimate of drug-likeness (QED) is 0.612. The lowest BCUT2D eigenvalue weighted by molar-refractivity contribution is -0.119. The third-order valence-corrected chi connectivity index (χ3v) is 3.42. The van der Waals surface area contributed by atoms with Gasteiger partial charge in [0.2, 0.25) is 5.91 Å². The van der Waals surface area contributed by atoms with Gasteiger partial charge in [0.1, 0.15) is 5.69 Å². The number of carbonyl (C=O) groups is 2. The highest BCUT2D eigenvalue weighted by Crippen LogP contribution is 2.15. The molecule has 0 aliphatic heterocycles. The molecule has 0 aliphatic rings. The number of hydrogen-bond acceptors (Lipinski definition) is 4. The smallest absolute Gasteiger partial charge is 0.352 e. The lowest BCUT2D eigenvalue weighted by Crippen LogP contribution is -2.26. The first-order chi connectivity index (χ1) is 10.1. The summed E-state index contributed by atoms with van der Waals surface area (Å²) in [5.41, 5.74) is 1.40. The zero-order valence-electron chi connectivity index (χ0n) is 11.1. The molecule has 1 unspecified atom stereocenters. The molecule has 1 atom stereocenters. The third-order valence-electron chi connectivity index (χ3n) is 2.98. The fourth-order valence-corrected chi connectivity index (χ4v) is 2.17. The van der Waals surface area contributed by atoms with E-state index in [9.17, 15) is 9.59 Å². The summed E-state index contributed by atoms with van der Waals surface area (Å²) in [6.45, 7) is 0. The Kier molecular flexibility index (Phi) is 4.99. The third kappa shape index (κ3) is 4.09. The molecule has 2 aromatic rings. The number of hydrogen-bond donors (Lipinski definition) is 4. The van der Waals surface area contributed by atoms with Crippen LogP contribution in [0.25, 0.3) is 0 Å². The minimum Gasteiger partial charge on any atom is -0.477 e. The predicted molar refractivity (Wildman–Crippen MR) is 81.7 cm³/mol. The number of carboxylic acids is 1. The number of nitrogens with zero attached hydrogens (tertiary/aromatic N) is 1. The molecule has 0 saturated carbocycles. The van der Waals surface area contributed by atoms with E-state index in [1.807, 2.05) is 12.1 Å². The molecule has 2 aromatic heterocycles. The van der Waals surface area contributed by atoms with Gasteiger partial charge in [-0.05, 0) is 24.1 Å². The van der Waals surface area contributed by atoms with E-state index >= 15 is 0 Å². The molecule has 21 heavy (non-hydrogen) atoms. The second-order valence-electron chi connectivity index (χ2n) is 4.54. The zero-order chi connectivity index (χ0) is 15.2. The standard InChI is InChI=1S/C14H15N3O3S/c18-13(17-11-5-12(14(19)20)16-7-11)10(8-21)4-9-2-1-3-15-6-9/h1-3,5-7,10,16,21H,4,8H2,(H,17,18)(H,19,20). The maximum atomic E-state index is 12.2. The van der Waals surface area contributed by atoms with E-state index in [2.05, 4.69) is 27.9 Å². The van der Waals surface area contributed by atoms with Gasteiger partial charge in [0.05, 0.1) is 11.6 Å². The molecule has 0 bridgehead atoms. The second kappa shape index (κ2) is 6.94. The van der Waals surface area contributed by atoms with Gasteiger partial charge in [-0.1, -0.05) is 6.07 Å². The molecule has 2 rings (SSSR count). The molecule has 2 heterocycles. The zero-order valence-corrected chi connectivity index (χ0v) is 12.0. The first-order valence-corrected chi connectivity index (χ1v) is 6.95. The van der Waals surface area contributed by atoms with Crippen LogP contribution in [0, 0.1) is 5.92 Å². The number of thiol groups is 1. The van der Waals surface area contributed by atoms with E-state index in [4.69, 9.17) is 5.11 Å². The number of pyridine rings is 1.